The molecule has 17 heavy (non-hydrogen) atoms. The highest BCUT2D eigenvalue weighted by Crippen LogP contribution is 2.30. The van der Waals surface area contributed by atoms with E-state index in [1.165, 1.54) is 51.5 Å². The quantitative estimate of drug-likeness (QED) is 0.744. The molecular formula is C15H30N2. The average Bonchev–Trinajstić information content (AvgIpc) is 2.54. The third-order valence-corrected chi connectivity index (χ3v) is 4.97. The summed E-state index contributed by atoms with van der Waals surface area (Å²) >= 11 is 0. The van der Waals surface area contributed by atoms with Crippen LogP contribution in [0.2, 0.25) is 0 Å². The first kappa shape index (κ1) is 13.4. The Labute approximate surface area is 107 Å². The van der Waals surface area contributed by atoms with Crippen molar-refractivity contribution >= 4 is 0 Å². The van der Waals surface area contributed by atoms with E-state index >= 15 is 0 Å². The van der Waals surface area contributed by atoms with E-state index in [1.807, 2.05) is 0 Å². The van der Waals surface area contributed by atoms with Gasteiger partial charge in [-0.05, 0) is 52.1 Å². The Balaban J connectivity index is 2.02. The first-order valence-electron chi connectivity index (χ1n) is 7.65. The number of likely N-dealkylation sites (tertiary alicyclic amines) is 1. The lowest BCUT2D eigenvalue weighted by Crippen LogP contribution is -2.54. The van der Waals surface area contributed by atoms with E-state index in [9.17, 15) is 0 Å². The van der Waals surface area contributed by atoms with Gasteiger partial charge in [-0.3, -0.25) is 4.90 Å². The van der Waals surface area contributed by atoms with Crippen LogP contribution >= 0.6 is 0 Å². The number of nitrogens with zero attached hydrogens (tertiary/aromatic N) is 1. The van der Waals surface area contributed by atoms with E-state index in [-0.39, 0.29) is 0 Å². The largest absolute Gasteiger partial charge is 0.315 e. The molecule has 0 aromatic carbocycles. The molecule has 1 aliphatic carbocycles. The molecule has 1 heterocycles. The molecule has 4 unspecified atom stereocenters. The second-order valence-corrected chi connectivity index (χ2v) is 6.32. The van der Waals surface area contributed by atoms with Crippen molar-refractivity contribution in [2.45, 2.75) is 76.9 Å². The predicted octanol–water partition coefficient (Wildman–Crippen LogP) is 3.03. The maximum atomic E-state index is 3.58. The van der Waals surface area contributed by atoms with Gasteiger partial charge >= 0.3 is 0 Å². The fourth-order valence-electron chi connectivity index (χ4n) is 3.94. The van der Waals surface area contributed by atoms with E-state index in [0.717, 1.165) is 24.0 Å². The molecule has 0 bridgehead atoms. The molecule has 4 atom stereocenters. The normalized spacial score (nSPS) is 41.1. The van der Waals surface area contributed by atoms with Crippen molar-refractivity contribution in [2.75, 3.05) is 13.6 Å². The Kier molecular flexibility index (Phi) is 4.87. The molecule has 0 radical (unpaired) electrons. The van der Waals surface area contributed by atoms with Crippen molar-refractivity contribution in [3.05, 3.63) is 0 Å². The monoisotopic (exact) mass is 238 g/mol. The summed E-state index contributed by atoms with van der Waals surface area (Å²) in [6, 6.07) is 2.32. The second kappa shape index (κ2) is 6.19. The van der Waals surface area contributed by atoms with Crippen molar-refractivity contribution in [1.29, 1.82) is 0 Å². The summed E-state index contributed by atoms with van der Waals surface area (Å²) in [5.74, 6) is 0.931. The van der Waals surface area contributed by atoms with Crippen LogP contribution < -0.4 is 5.32 Å². The minimum atomic E-state index is 0.730. The van der Waals surface area contributed by atoms with Gasteiger partial charge in [0.2, 0.25) is 0 Å². The number of hydrogen-bond acceptors (Lipinski definition) is 2. The smallest absolute Gasteiger partial charge is 0.0252 e. The predicted molar refractivity (Wildman–Crippen MR) is 74.3 cm³/mol. The molecule has 0 aromatic heterocycles. The van der Waals surface area contributed by atoms with Gasteiger partial charge < -0.3 is 5.32 Å². The molecule has 2 heteroatoms. The number of hydrogen-bond donors (Lipinski definition) is 1. The van der Waals surface area contributed by atoms with Crippen LogP contribution in [0.25, 0.3) is 0 Å². The second-order valence-electron chi connectivity index (χ2n) is 6.32. The fraction of sp³-hybridized carbons (Fsp3) is 1.00. The molecule has 1 N–H and O–H groups in total. The van der Waals surface area contributed by atoms with Gasteiger partial charge in [0, 0.05) is 18.1 Å². The molecule has 2 fully saturated rings. The maximum absolute atomic E-state index is 3.58. The van der Waals surface area contributed by atoms with Gasteiger partial charge in [0.05, 0.1) is 0 Å². The van der Waals surface area contributed by atoms with Crippen LogP contribution in [0.3, 0.4) is 0 Å². The molecule has 0 spiro atoms. The highest BCUT2D eigenvalue weighted by Gasteiger charge is 2.33. The van der Waals surface area contributed by atoms with Crippen LogP contribution in [0.4, 0.5) is 0 Å². The van der Waals surface area contributed by atoms with Crippen molar-refractivity contribution in [3.63, 3.8) is 0 Å². The summed E-state index contributed by atoms with van der Waals surface area (Å²) in [7, 11) is 2.15. The van der Waals surface area contributed by atoms with Gasteiger partial charge in [-0.1, -0.05) is 26.2 Å². The molecule has 1 saturated carbocycles. The van der Waals surface area contributed by atoms with Gasteiger partial charge in [0.25, 0.3) is 0 Å². The van der Waals surface area contributed by atoms with E-state index in [1.54, 1.807) is 0 Å². The van der Waals surface area contributed by atoms with E-state index in [4.69, 9.17) is 0 Å². The summed E-state index contributed by atoms with van der Waals surface area (Å²) in [5, 5.41) is 3.58. The minimum absolute atomic E-state index is 0.730. The SMILES string of the molecule is CNC1CCCCCC1N1CCC(C)CC1C. The topological polar surface area (TPSA) is 15.3 Å². The van der Waals surface area contributed by atoms with Crippen molar-refractivity contribution in [1.82, 2.24) is 10.2 Å². The Morgan fingerprint density at radius 3 is 2.47 bits per heavy atom. The number of likely N-dealkylation sites (N-methyl/N-ethyl adjacent to an activating group) is 1. The average molecular weight is 238 g/mol. The van der Waals surface area contributed by atoms with Crippen molar-refractivity contribution in [3.8, 4) is 0 Å². The van der Waals surface area contributed by atoms with Crippen LogP contribution in [0, 0.1) is 5.92 Å². The Bertz CT molecular complexity index is 229. The zero-order chi connectivity index (χ0) is 12.3. The van der Waals surface area contributed by atoms with Gasteiger partial charge in [0.15, 0.2) is 0 Å². The number of piperidine rings is 1. The molecule has 0 amide bonds. The molecule has 2 rings (SSSR count). The maximum Gasteiger partial charge on any atom is 0.0252 e. The Morgan fingerprint density at radius 1 is 1.00 bits per heavy atom. The standard InChI is InChI=1S/C15H30N2/c1-12-9-10-17(13(2)11-12)15-8-6-4-5-7-14(15)16-3/h12-16H,4-11H2,1-3H3. The Hall–Kier alpha value is -0.0800. The van der Waals surface area contributed by atoms with Crippen LogP contribution in [-0.2, 0) is 0 Å². The van der Waals surface area contributed by atoms with E-state index in [0.29, 0.717) is 0 Å². The zero-order valence-corrected chi connectivity index (χ0v) is 11.9. The minimum Gasteiger partial charge on any atom is -0.315 e. The summed E-state index contributed by atoms with van der Waals surface area (Å²) in [5.41, 5.74) is 0. The lowest BCUT2D eigenvalue weighted by Gasteiger charge is -2.44. The lowest BCUT2D eigenvalue weighted by molar-refractivity contribution is 0.0593. The highest BCUT2D eigenvalue weighted by molar-refractivity contribution is 4.90. The van der Waals surface area contributed by atoms with Crippen LogP contribution in [0.5, 0.6) is 0 Å². The molecule has 0 aromatic rings. The number of nitrogens with one attached hydrogen (secondary N) is 1. The third-order valence-electron chi connectivity index (χ3n) is 4.97. The number of rotatable bonds is 2. The van der Waals surface area contributed by atoms with Crippen LogP contribution in [0.15, 0.2) is 0 Å². The molecule has 2 nitrogen and oxygen atoms in total. The van der Waals surface area contributed by atoms with Gasteiger partial charge in [0.1, 0.15) is 0 Å². The summed E-state index contributed by atoms with van der Waals surface area (Å²) in [6.07, 6.45) is 9.87. The van der Waals surface area contributed by atoms with E-state index in [2.05, 4.69) is 31.1 Å². The van der Waals surface area contributed by atoms with Crippen LogP contribution in [0.1, 0.15) is 58.8 Å². The molecular weight excluding hydrogens is 208 g/mol. The van der Waals surface area contributed by atoms with Crippen LogP contribution in [-0.4, -0.2) is 36.6 Å². The molecule has 2 aliphatic rings. The van der Waals surface area contributed by atoms with E-state index < -0.39 is 0 Å². The summed E-state index contributed by atoms with van der Waals surface area (Å²) < 4.78 is 0. The first-order chi connectivity index (χ1) is 8.22. The molecule has 100 valence electrons. The molecule has 1 saturated heterocycles. The Morgan fingerprint density at radius 2 is 1.76 bits per heavy atom. The first-order valence-corrected chi connectivity index (χ1v) is 7.65. The highest BCUT2D eigenvalue weighted by atomic mass is 15.2. The fourth-order valence-corrected chi connectivity index (χ4v) is 3.94. The summed E-state index contributed by atoms with van der Waals surface area (Å²) in [6.45, 7) is 6.18. The zero-order valence-electron chi connectivity index (χ0n) is 11.9. The van der Waals surface area contributed by atoms with Gasteiger partial charge in [-0.2, -0.15) is 0 Å². The van der Waals surface area contributed by atoms with Gasteiger partial charge in [-0.15, -0.1) is 0 Å². The molecule has 1 aliphatic heterocycles. The van der Waals surface area contributed by atoms with Crippen molar-refractivity contribution in [2.24, 2.45) is 5.92 Å². The lowest BCUT2D eigenvalue weighted by atomic mass is 9.89. The van der Waals surface area contributed by atoms with Gasteiger partial charge in [-0.25, -0.2) is 0 Å². The third kappa shape index (κ3) is 3.23. The van der Waals surface area contributed by atoms with Crippen molar-refractivity contribution < 1.29 is 0 Å². The summed E-state index contributed by atoms with van der Waals surface area (Å²) in [4.78, 5) is 2.81.